The number of amides is 1. The minimum Gasteiger partial charge on any atom is -0.345 e. The Morgan fingerprint density at radius 3 is 3.09 bits per heavy atom. The topological polar surface area (TPSA) is 69.8 Å². The normalized spacial score (nSPS) is 13.8. The molecule has 0 atom stereocenters. The number of nitrogens with zero attached hydrogens (tertiary/aromatic N) is 1. The van der Waals surface area contributed by atoms with Gasteiger partial charge in [-0.3, -0.25) is 4.79 Å². The third kappa shape index (κ3) is 2.25. The first-order chi connectivity index (χ1) is 10.8. The van der Waals surface area contributed by atoms with Gasteiger partial charge in [0.15, 0.2) is 0 Å². The lowest BCUT2D eigenvalue weighted by atomic mass is 9.98. The molecule has 1 aromatic heterocycles. The number of fused-ring (bicyclic) bond motifs is 2. The SMILES string of the molecule is O=C(Nc1cccc2[nH]cnc12)c1ccc2c(c1)CNCC2. The van der Waals surface area contributed by atoms with Gasteiger partial charge in [0, 0.05) is 12.1 Å². The van der Waals surface area contributed by atoms with Crippen LogP contribution >= 0.6 is 0 Å². The molecule has 0 aliphatic carbocycles. The maximum Gasteiger partial charge on any atom is 0.255 e. The number of carbonyl (C=O) groups excluding carboxylic acids is 1. The summed E-state index contributed by atoms with van der Waals surface area (Å²) in [7, 11) is 0. The van der Waals surface area contributed by atoms with Crippen molar-refractivity contribution in [3.63, 3.8) is 0 Å². The fourth-order valence-corrected chi connectivity index (χ4v) is 2.88. The molecule has 22 heavy (non-hydrogen) atoms. The monoisotopic (exact) mass is 292 g/mol. The smallest absolute Gasteiger partial charge is 0.255 e. The summed E-state index contributed by atoms with van der Waals surface area (Å²) in [5.41, 5.74) is 5.61. The molecule has 3 N–H and O–H groups in total. The lowest BCUT2D eigenvalue weighted by Crippen LogP contribution is -2.24. The highest BCUT2D eigenvalue weighted by Crippen LogP contribution is 2.21. The fourth-order valence-electron chi connectivity index (χ4n) is 2.88. The molecule has 1 aliphatic heterocycles. The van der Waals surface area contributed by atoms with Crippen LogP contribution < -0.4 is 10.6 Å². The summed E-state index contributed by atoms with van der Waals surface area (Å²) in [5.74, 6) is -0.108. The molecule has 3 aromatic rings. The Morgan fingerprint density at radius 2 is 2.14 bits per heavy atom. The van der Waals surface area contributed by atoms with E-state index >= 15 is 0 Å². The first-order valence-electron chi connectivity index (χ1n) is 7.37. The van der Waals surface area contributed by atoms with Crippen molar-refractivity contribution in [2.75, 3.05) is 11.9 Å². The molecule has 2 heterocycles. The third-order valence-electron chi connectivity index (χ3n) is 4.05. The molecule has 5 nitrogen and oxygen atoms in total. The number of imidazole rings is 1. The summed E-state index contributed by atoms with van der Waals surface area (Å²) >= 11 is 0. The molecule has 4 rings (SSSR count). The molecule has 0 saturated heterocycles. The minimum atomic E-state index is -0.108. The van der Waals surface area contributed by atoms with Gasteiger partial charge < -0.3 is 15.6 Å². The van der Waals surface area contributed by atoms with Gasteiger partial charge in [0.2, 0.25) is 0 Å². The van der Waals surface area contributed by atoms with Crippen LogP contribution in [-0.4, -0.2) is 22.4 Å². The number of anilines is 1. The maximum atomic E-state index is 12.5. The molecule has 2 aromatic carbocycles. The first-order valence-corrected chi connectivity index (χ1v) is 7.37. The molecule has 0 fully saturated rings. The number of benzene rings is 2. The number of H-pyrrole nitrogens is 1. The van der Waals surface area contributed by atoms with Crippen LogP contribution in [0.5, 0.6) is 0 Å². The van der Waals surface area contributed by atoms with Crippen molar-refractivity contribution in [3.05, 3.63) is 59.4 Å². The number of para-hydroxylation sites is 1. The molecular formula is C17H16N4O. The van der Waals surface area contributed by atoms with E-state index in [1.54, 1.807) is 6.33 Å². The van der Waals surface area contributed by atoms with Crippen LogP contribution in [0.3, 0.4) is 0 Å². The van der Waals surface area contributed by atoms with Crippen molar-refractivity contribution in [2.24, 2.45) is 0 Å². The average molecular weight is 292 g/mol. The van der Waals surface area contributed by atoms with E-state index in [-0.39, 0.29) is 5.91 Å². The van der Waals surface area contributed by atoms with Gasteiger partial charge in [-0.2, -0.15) is 0 Å². The summed E-state index contributed by atoms with van der Waals surface area (Å²) in [6.07, 6.45) is 2.65. The molecular weight excluding hydrogens is 276 g/mol. The second-order valence-electron chi connectivity index (χ2n) is 5.47. The number of aromatic amines is 1. The van der Waals surface area contributed by atoms with Crippen molar-refractivity contribution in [2.45, 2.75) is 13.0 Å². The number of carbonyl (C=O) groups is 1. The summed E-state index contributed by atoms with van der Waals surface area (Å²) in [5, 5.41) is 6.28. The van der Waals surface area contributed by atoms with Crippen LogP contribution in [-0.2, 0) is 13.0 Å². The van der Waals surface area contributed by atoms with Crippen LogP contribution in [0, 0.1) is 0 Å². The number of hydrogen-bond donors (Lipinski definition) is 3. The van der Waals surface area contributed by atoms with Gasteiger partial charge in [-0.25, -0.2) is 4.98 Å². The highest BCUT2D eigenvalue weighted by atomic mass is 16.1. The first kappa shape index (κ1) is 13.0. The van der Waals surface area contributed by atoms with Crippen LogP contribution in [0.2, 0.25) is 0 Å². The molecule has 5 heteroatoms. The average Bonchev–Trinajstić information content (AvgIpc) is 3.04. The van der Waals surface area contributed by atoms with Crippen LogP contribution in [0.15, 0.2) is 42.7 Å². The van der Waals surface area contributed by atoms with Crippen molar-refractivity contribution >= 4 is 22.6 Å². The standard InChI is InChI=1S/C17H16N4O/c22-17(12-5-4-11-6-7-18-9-13(11)8-12)21-15-3-1-2-14-16(15)20-10-19-14/h1-5,8,10,18H,6-7,9H2,(H,19,20)(H,21,22). The summed E-state index contributed by atoms with van der Waals surface area (Å²) in [4.78, 5) is 19.8. The number of nitrogens with one attached hydrogen (secondary N) is 3. The summed E-state index contributed by atoms with van der Waals surface area (Å²) in [6, 6.07) is 11.6. The van der Waals surface area contributed by atoms with Crippen molar-refractivity contribution in [1.82, 2.24) is 15.3 Å². The number of rotatable bonds is 2. The molecule has 0 bridgehead atoms. The zero-order valence-corrected chi connectivity index (χ0v) is 12.0. The lowest BCUT2D eigenvalue weighted by Gasteiger charge is -2.17. The van der Waals surface area contributed by atoms with Crippen molar-refractivity contribution in [3.8, 4) is 0 Å². The lowest BCUT2D eigenvalue weighted by molar-refractivity contribution is 0.102. The minimum absolute atomic E-state index is 0.108. The zero-order valence-electron chi connectivity index (χ0n) is 12.0. The van der Waals surface area contributed by atoms with E-state index in [9.17, 15) is 4.79 Å². The quantitative estimate of drug-likeness (QED) is 0.679. The third-order valence-corrected chi connectivity index (χ3v) is 4.05. The summed E-state index contributed by atoms with van der Waals surface area (Å²) < 4.78 is 0. The van der Waals surface area contributed by atoms with Gasteiger partial charge in [-0.05, 0) is 48.4 Å². The van der Waals surface area contributed by atoms with E-state index in [2.05, 4.69) is 26.7 Å². The summed E-state index contributed by atoms with van der Waals surface area (Å²) in [6.45, 7) is 1.82. The van der Waals surface area contributed by atoms with Gasteiger partial charge in [0.25, 0.3) is 5.91 Å². The molecule has 0 spiro atoms. The van der Waals surface area contributed by atoms with Gasteiger partial charge in [0.05, 0.1) is 17.5 Å². The van der Waals surface area contributed by atoms with Gasteiger partial charge in [-0.15, -0.1) is 0 Å². The molecule has 1 amide bonds. The largest absolute Gasteiger partial charge is 0.345 e. The van der Waals surface area contributed by atoms with Crippen molar-refractivity contribution in [1.29, 1.82) is 0 Å². The second kappa shape index (κ2) is 5.27. The molecule has 1 aliphatic rings. The van der Waals surface area contributed by atoms with Crippen LogP contribution in [0.1, 0.15) is 21.5 Å². The Hall–Kier alpha value is -2.66. The highest BCUT2D eigenvalue weighted by molar-refractivity contribution is 6.08. The van der Waals surface area contributed by atoms with E-state index in [1.807, 2.05) is 30.3 Å². The number of aromatic nitrogens is 2. The predicted octanol–water partition coefficient (Wildman–Crippen LogP) is 2.46. The highest BCUT2D eigenvalue weighted by Gasteiger charge is 2.14. The fraction of sp³-hybridized carbons (Fsp3) is 0.176. The Balaban J connectivity index is 1.63. The van der Waals surface area contributed by atoms with E-state index < -0.39 is 0 Å². The van der Waals surface area contributed by atoms with E-state index in [1.165, 1.54) is 11.1 Å². The second-order valence-corrected chi connectivity index (χ2v) is 5.47. The zero-order chi connectivity index (χ0) is 14.9. The van der Waals surface area contributed by atoms with E-state index in [0.29, 0.717) is 5.56 Å². The van der Waals surface area contributed by atoms with Gasteiger partial charge >= 0.3 is 0 Å². The van der Waals surface area contributed by atoms with Crippen LogP contribution in [0.25, 0.3) is 11.0 Å². The Kier molecular flexibility index (Phi) is 3.12. The maximum absolute atomic E-state index is 12.5. The van der Waals surface area contributed by atoms with Crippen LogP contribution in [0.4, 0.5) is 5.69 Å². The molecule has 0 radical (unpaired) electrons. The Morgan fingerprint density at radius 1 is 1.18 bits per heavy atom. The molecule has 0 saturated carbocycles. The van der Waals surface area contributed by atoms with Crippen molar-refractivity contribution < 1.29 is 4.79 Å². The Bertz CT molecular complexity index is 853. The number of hydrogen-bond acceptors (Lipinski definition) is 3. The predicted molar refractivity (Wildman–Crippen MR) is 85.9 cm³/mol. The molecule has 0 unspecified atom stereocenters. The van der Waals surface area contributed by atoms with E-state index in [4.69, 9.17) is 0 Å². The Labute approximate surface area is 127 Å². The van der Waals surface area contributed by atoms with Gasteiger partial charge in [0.1, 0.15) is 5.52 Å². The molecule has 110 valence electrons. The van der Waals surface area contributed by atoms with E-state index in [0.717, 1.165) is 36.2 Å². The van der Waals surface area contributed by atoms with Gasteiger partial charge in [-0.1, -0.05) is 12.1 Å².